The molecular formula is C29H36ClFN4OS. The summed E-state index contributed by atoms with van der Waals surface area (Å²) in [6.07, 6.45) is 4.50. The van der Waals surface area contributed by atoms with Gasteiger partial charge in [0.15, 0.2) is 0 Å². The molecule has 5 rings (SSSR count). The van der Waals surface area contributed by atoms with E-state index in [2.05, 4.69) is 46.0 Å². The molecule has 2 heterocycles. The highest BCUT2D eigenvalue weighted by molar-refractivity contribution is 8.46. The molecule has 3 aromatic rings. The molecule has 1 amide bonds. The van der Waals surface area contributed by atoms with Crippen LogP contribution in [0.1, 0.15) is 12.5 Å². The van der Waals surface area contributed by atoms with Crippen molar-refractivity contribution in [3.05, 3.63) is 64.9 Å². The lowest BCUT2D eigenvalue weighted by Crippen LogP contribution is -2.62. The van der Waals surface area contributed by atoms with Gasteiger partial charge in [-0.05, 0) is 56.1 Å². The minimum Gasteiger partial charge on any atom is -0.355 e. The van der Waals surface area contributed by atoms with E-state index in [9.17, 15) is 4.79 Å². The zero-order valence-corrected chi connectivity index (χ0v) is 24.0. The maximum atomic E-state index is 16.9. The minimum absolute atomic E-state index is 0.0543. The fraction of sp³-hybridized carbons (Fsp3) is 0.379. The molecule has 2 aliphatic rings. The van der Waals surface area contributed by atoms with Crippen LogP contribution in [0.15, 0.2) is 53.4 Å². The third kappa shape index (κ3) is 3.94. The number of carbonyl (C=O) groups excluding carboxylic acids is 1. The van der Waals surface area contributed by atoms with Crippen molar-refractivity contribution in [2.75, 3.05) is 59.8 Å². The number of halogens is 2. The second-order valence-corrected chi connectivity index (χ2v) is 16.5. The molecule has 0 aromatic heterocycles. The summed E-state index contributed by atoms with van der Waals surface area (Å²) in [4.78, 5) is 17.8. The van der Waals surface area contributed by atoms with Gasteiger partial charge in [-0.2, -0.15) is 8.94 Å². The Bertz CT molecular complexity index is 1480. The first kappa shape index (κ1) is 26.3. The summed E-state index contributed by atoms with van der Waals surface area (Å²) in [6.45, 7) is 4.46. The Hall–Kier alpha value is -2.29. The third-order valence-electron chi connectivity index (χ3n) is 8.14. The van der Waals surface area contributed by atoms with Crippen molar-refractivity contribution in [3.8, 4) is 11.1 Å². The quantitative estimate of drug-likeness (QED) is 0.446. The Kier molecular flexibility index (Phi) is 6.52. The van der Waals surface area contributed by atoms with E-state index in [1.54, 1.807) is 0 Å². The number of fused-ring (bicyclic) bond motifs is 2. The highest BCUT2D eigenvalue weighted by Gasteiger charge is 2.53. The Morgan fingerprint density at radius 3 is 2.46 bits per heavy atom. The van der Waals surface area contributed by atoms with Gasteiger partial charge in [0.2, 0.25) is 5.91 Å². The second kappa shape index (κ2) is 9.17. The van der Waals surface area contributed by atoms with Crippen molar-refractivity contribution >= 4 is 42.2 Å². The van der Waals surface area contributed by atoms with Crippen molar-refractivity contribution in [3.63, 3.8) is 0 Å². The van der Waals surface area contributed by atoms with E-state index in [4.69, 9.17) is 11.6 Å². The van der Waals surface area contributed by atoms with Gasteiger partial charge in [-0.1, -0.05) is 54.1 Å². The van der Waals surface area contributed by atoms with Crippen molar-refractivity contribution in [2.45, 2.75) is 17.9 Å². The van der Waals surface area contributed by atoms with Gasteiger partial charge in [0.25, 0.3) is 0 Å². The molecule has 0 bridgehead atoms. The van der Waals surface area contributed by atoms with Crippen molar-refractivity contribution in [1.82, 2.24) is 19.4 Å². The number of hydrogen-bond donors (Lipinski definition) is 1. The highest BCUT2D eigenvalue weighted by atomic mass is 35.5. The fourth-order valence-electron chi connectivity index (χ4n) is 6.02. The van der Waals surface area contributed by atoms with Crippen LogP contribution in [-0.2, 0) is 4.79 Å². The number of nitrogens with zero attached hydrogens (tertiary/aromatic N) is 3. The molecular weight excluding hydrogens is 507 g/mol. The molecule has 5 nitrogen and oxygen atoms in total. The van der Waals surface area contributed by atoms with Gasteiger partial charge in [-0.15, -0.1) is 0 Å². The van der Waals surface area contributed by atoms with Gasteiger partial charge in [0.1, 0.15) is 5.82 Å². The van der Waals surface area contributed by atoms with E-state index < -0.39 is 8.94 Å². The van der Waals surface area contributed by atoms with E-state index in [1.165, 1.54) is 6.92 Å². The van der Waals surface area contributed by atoms with Crippen LogP contribution in [0.2, 0.25) is 5.02 Å². The lowest BCUT2D eigenvalue weighted by molar-refractivity contribution is -0.118. The molecule has 198 valence electrons. The van der Waals surface area contributed by atoms with Crippen LogP contribution in [0.4, 0.5) is 4.39 Å². The molecule has 8 heteroatoms. The van der Waals surface area contributed by atoms with Gasteiger partial charge in [-0.3, -0.25) is 14.0 Å². The first-order valence-corrected chi connectivity index (χ1v) is 15.8. The zero-order chi connectivity index (χ0) is 26.7. The number of likely N-dealkylation sites (N-methyl/N-ethyl adjacent to an activating group) is 2. The Morgan fingerprint density at radius 2 is 1.78 bits per heavy atom. The smallest absolute Gasteiger partial charge is 0.216 e. The monoisotopic (exact) mass is 542 g/mol. The molecule has 3 aromatic carbocycles. The second-order valence-electron chi connectivity index (χ2n) is 11.0. The van der Waals surface area contributed by atoms with Crippen molar-refractivity contribution in [1.29, 1.82) is 0 Å². The van der Waals surface area contributed by atoms with Gasteiger partial charge in [0, 0.05) is 55.2 Å². The maximum absolute atomic E-state index is 16.9. The van der Waals surface area contributed by atoms with Crippen LogP contribution >= 0.6 is 20.5 Å². The van der Waals surface area contributed by atoms with Crippen molar-refractivity contribution in [2.24, 2.45) is 0 Å². The normalized spacial score (nSPS) is 19.7. The number of hydrogen-bond acceptors (Lipinski definition) is 4. The number of amides is 1. The summed E-state index contributed by atoms with van der Waals surface area (Å²) in [7, 11) is 3.57. The summed E-state index contributed by atoms with van der Waals surface area (Å²) >= 11 is 6.89. The zero-order valence-electron chi connectivity index (χ0n) is 22.4. The molecule has 0 aliphatic carbocycles. The SMILES string of the molecule is CC(=O)NCCN(C)C1=S(C)(C)(N2CC(N(C)C)C2)c2c1cc(Cl)c(-c1cccc3ccccc13)c2F. The third-order valence-corrected chi connectivity index (χ3v) is 13.6. The predicted octanol–water partition coefficient (Wildman–Crippen LogP) is 4.98. The average molecular weight is 543 g/mol. The fourth-order valence-corrected chi connectivity index (χ4v) is 11.3. The summed E-state index contributed by atoms with van der Waals surface area (Å²) in [5, 5.41) is 5.36. The van der Waals surface area contributed by atoms with Crippen molar-refractivity contribution < 1.29 is 9.18 Å². The van der Waals surface area contributed by atoms with E-state index in [1.807, 2.05) is 55.6 Å². The Morgan fingerprint density at radius 1 is 1.11 bits per heavy atom. The van der Waals surface area contributed by atoms with Crippen LogP contribution in [0.25, 0.3) is 21.9 Å². The van der Waals surface area contributed by atoms with Gasteiger partial charge in [0.05, 0.1) is 10.0 Å². The van der Waals surface area contributed by atoms with Gasteiger partial charge < -0.3 is 10.2 Å². The van der Waals surface area contributed by atoms with E-state index >= 15 is 4.39 Å². The summed E-state index contributed by atoms with van der Waals surface area (Å²) in [5.74, 6) is -0.264. The molecule has 37 heavy (non-hydrogen) atoms. The van der Waals surface area contributed by atoms with Crippen LogP contribution in [0.3, 0.4) is 0 Å². The Balaban J connectivity index is 1.69. The molecule has 0 radical (unpaired) electrons. The van der Waals surface area contributed by atoms with E-state index in [-0.39, 0.29) is 11.7 Å². The predicted molar refractivity (Wildman–Crippen MR) is 157 cm³/mol. The van der Waals surface area contributed by atoms with Crippen LogP contribution in [0, 0.1) is 5.82 Å². The molecule has 1 N–H and O–H groups in total. The van der Waals surface area contributed by atoms with Crippen LogP contribution < -0.4 is 5.32 Å². The van der Waals surface area contributed by atoms with Gasteiger partial charge in [-0.25, -0.2) is 4.39 Å². The maximum Gasteiger partial charge on any atom is 0.216 e. The van der Waals surface area contributed by atoms with E-state index in [0.29, 0.717) is 29.7 Å². The number of nitrogens with one attached hydrogen (secondary N) is 1. The molecule has 0 unspecified atom stereocenters. The first-order valence-electron chi connectivity index (χ1n) is 12.6. The summed E-state index contributed by atoms with van der Waals surface area (Å²) < 4.78 is 19.4. The lowest BCUT2D eigenvalue weighted by atomic mass is 9.96. The molecule has 1 fully saturated rings. The molecule has 2 aliphatic heterocycles. The van der Waals surface area contributed by atoms with Crippen LogP contribution in [0.5, 0.6) is 0 Å². The van der Waals surface area contributed by atoms with Crippen LogP contribution in [-0.4, -0.2) is 90.9 Å². The largest absolute Gasteiger partial charge is 0.355 e. The molecule has 0 atom stereocenters. The molecule has 1 saturated heterocycles. The number of carbonyl (C=O) groups is 1. The molecule has 0 saturated carbocycles. The topological polar surface area (TPSA) is 38.8 Å². The average Bonchev–Trinajstić information content (AvgIpc) is 2.76. The van der Waals surface area contributed by atoms with E-state index in [0.717, 1.165) is 44.9 Å². The standard InChI is InChI=1S/C29H36ClFN4OS/c1-19(36)32-14-15-34(4)29-24-16-25(30)26(23-13-9-11-20-10-7-8-12-22(20)23)27(31)28(24)37(29,5,6)35-17-21(18-35)33(2)3/h7-13,16,21H,14-15,17-18H2,1-6H3,(H,32,36). The number of benzene rings is 3. The summed E-state index contributed by atoms with van der Waals surface area (Å²) in [5.41, 5.74) is 2.19. The summed E-state index contributed by atoms with van der Waals surface area (Å²) in [6, 6.07) is 16.4. The first-order chi connectivity index (χ1) is 17.4. The Labute approximate surface area is 224 Å². The minimum atomic E-state index is -2.67. The number of rotatable bonds is 6. The van der Waals surface area contributed by atoms with Gasteiger partial charge >= 0.3 is 0 Å². The highest BCUT2D eigenvalue weighted by Crippen LogP contribution is 2.74. The lowest BCUT2D eigenvalue weighted by Gasteiger charge is -2.67. The molecule has 0 spiro atoms.